The molecule has 2 aromatic carbocycles. The van der Waals surface area contributed by atoms with Crippen LogP contribution in [0.1, 0.15) is 31.2 Å². The highest BCUT2D eigenvalue weighted by Gasteiger charge is 2.08. The van der Waals surface area contributed by atoms with Crippen LogP contribution in [0.15, 0.2) is 66.0 Å². The molecule has 0 saturated carbocycles. The molecule has 0 aliphatic carbocycles. The van der Waals surface area contributed by atoms with Gasteiger partial charge >= 0.3 is 0 Å². The maximum Gasteiger partial charge on any atom is 0.261 e. The monoisotopic (exact) mass is 368 g/mol. The summed E-state index contributed by atoms with van der Waals surface area (Å²) in [4.78, 5) is 24.7. The Kier molecular flexibility index (Phi) is 5.76. The van der Waals surface area contributed by atoms with E-state index in [0.29, 0.717) is 22.5 Å². The predicted molar refractivity (Wildman–Crippen MR) is 99.5 cm³/mol. The molecule has 0 fully saturated rings. The zero-order valence-electron chi connectivity index (χ0n) is 13.9. The van der Waals surface area contributed by atoms with Crippen LogP contribution in [0, 0.1) is 5.82 Å². The number of thiophene rings is 1. The molecule has 0 atom stereocenters. The smallest absolute Gasteiger partial charge is 0.261 e. The molecule has 0 radical (unpaired) electrons. The lowest BCUT2D eigenvalue weighted by Gasteiger charge is -2.07. The Morgan fingerprint density at radius 1 is 0.846 bits per heavy atom. The Morgan fingerprint density at radius 2 is 1.58 bits per heavy atom. The number of nitrogens with one attached hydrogen (secondary N) is 2. The first-order chi connectivity index (χ1) is 12.6. The zero-order chi connectivity index (χ0) is 18.4. The first kappa shape index (κ1) is 17.8. The van der Waals surface area contributed by atoms with Crippen molar-refractivity contribution >= 4 is 23.2 Å². The van der Waals surface area contributed by atoms with Crippen LogP contribution in [-0.2, 0) is 13.1 Å². The molecule has 0 bridgehead atoms. The molecule has 3 rings (SSSR count). The second-order valence-corrected chi connectivity index (χ2v) is 6.62. The SMILES string of the molecule is O=C(NCc1cccc(F)c1)c1ccc(CNC(=O)c2cccs2)cc1. The van der Waals surface area contributed by atoms with Gasteiger partial charge in [0.15, 0.2) is 0 Å². The molecule has 1 aromatic heterocycles. The Balaban J connectivity index is 1.51. The van der Waals surface area contributed by atoms with E-state index in [1.54, 1.807) is 42.5 Å². The van der Waals surface area contributed by atoms with Crippen molar-refractivity contribution in [2.45, 2.75) is 13.1 Å². The van der Waals surface area contributed by atoms with Crippen molar-refractivity contribution in [2.24, 2.45) is 0 Å². The van der Waals surface area contributed by atoms with Gasteiger partial charge in [-0.3, -0.25) is 9.59 Å². The standard InChI is InChI=1S/C20H17FN2O2S/c21-17-4-1-3-15(11-17)13-22-19(24)16-8-6-14(7-9-16)12-23-20(25)18-5-2-10-26-18/h1-11H,12-13H2,(H,22,24)(H,23,25). The molecule has 1 heterocycles. The van der Waals surface area contributed by atoms with Gasteiger partial charge in [-0.15, -0.1) is 11.3 Å². The van der Waals surface area contributed by atoms with E-state index in [1.165, 1.54) is 23.5 Å². The van der Waals surface area contributed by atoms with Crippen LogP contribution in [0.2, 0.25) is 0 Å². The van der Waals surface area contributed by atoms with Gasteiger partial charge in [0.05, 0.1) is 4.88 Å². The number of rotatable bonds is 6. The summed E-state index contributed by atoms with van der Waals surface area (Å²) < 4.78 is 13.1. The van der Waals surface area contributed by atoms with E-state index in [0.717, 1.165) is 5.56 Å². The highest BCUT2D eigenvalue weighted by atomic mass is 32.1. The molecule has 2 amide bonds. The fraction of sp³-hybridized carbons (Fsp3) is 0.100. The summed E-state index contributed by atoms with van der Waals surface area (Å²) in [5, 5.41) is 7.45. The Morgan fingerprint density at radius 3 is 2.27 bits per heavy atom. The number of carbonyl (C=O) groups is 2. The third-order valence-corrected chi connectivity index (χ3v) is 4.62. The predicted octanol–water partition coefficient (Wildman–Crippen LogP) is 3.75. The van der Waals surface area contributed by atoms with E-state index in [1.807, 2.05) is 11.4 Å². The lowest BCUT2D eigenvalue weighted by molar-refractivity contribution is 0.0943. The Bertz CT molecular complexity index is 892. The number of carbonyl (C=O) groups excluding carboxylic acids is 2. The van der Waals surface area contributed by atoms with Gasteiger partial charge in [-0.05, 0) is 46.8 Å². The summed E-state index contributed by atoms with van der Waals surface area (Å²) in [7, 11) is 0. The van der Waals surface area contributed by atoms with Gasteiger partial charge in [-0.25, -0.2) is 4.39 Å². The summed E-state index contributed by atoms with van der Waals surface area (Å²) in [5.74, 6) is -0.675. The number of benzene rings is 2. The largest absolute Gasteiger partial charge is 0.348 e. The number of hydrogen-bond acceptors (Lipinski definition) is 3. The van der Waals surface area contributed by atoms with Gasteiger partial charge in [-0.1, -0.05) is 30.3 Å². The summed E-state index contributed by atoms with van der Waals surface area (Å²) in [5.41, 5.74) is 2.11. The van der Waals surface area contributed by atoms with Crippen molar-refractivity contribution in [2.75, 3.05) is 0 Å². The summed E-state index contributed by atoms with van der Waals surface area (Å²) in [6.07, 6.45) is 0. The normalized spacial score (nSPS) is 10.3. The van der Waals surface area contributed by atoms with Crippen molar-refractivity contribution in [3.63, 3.8) is 0 Å². The molecule has 0 aliphatic heterocycles. The quantitative estimate of drug-likeness (QED) is 0.696. The summed E-state index contributed by atoms with van der Waals surface area (Å²) in [6, 6.07) is 16.7. The second-order valence-electron chi connectivity index (χ2n) is 5.67. The summed E-state index contributed by atoms with van der Waals surface area (Å²) >= 11 is 1.39. The van der Waals surface area contributed by atoms with Gasteiger partial charge in [0.2, 0.25) is 0 Å². The fourth-order valence-corrected chi connectivity index (χ4v) is 3.02. The van der Waals surface area contributed by atoms with Crippen molar-refractivity contribution in [3.05, 3.63) is 93.4 Å². The van der Waals surface area contributed by atoms with Crippen LogP contribution in [0.5, 0.6) is 0 Å². The third-order valence-electron chi connectivity index (χ3n) is 3.76. The highest BCUT2D eigenvalue weighted by Crippen LogP contribution is 2.10. The number of amides is 2. The summed E-state index contributed by atoms with van der Waals surface area (Å²) in [6.45, 7) is 0.650. The van der Waals surface area contributed by atoms with E-state index in [-0.39, 0.29) is 24.2 Å². The van der Waals surface area contributed by atoms with Crippen LogP contribution >= 0.6 is 11.3 Å². The van der Waals surface area contributed by atoms with E-state index in [2.05, 4.69) is 10.6 Å². The van der Waals surface area contributed by atoms with Crippen LogP contribution in [0.4, 0.5) is 4.39 Å². The minimum Gasteiger partial charge on any atom is -0.348 e. The zero-order valence-corrected chi connectivity index (χ0v) is 14.7. The van der Waals surface area contributed by atoms with E-state index in [4.69, 9.17) is 0 Å². The molecule has 0 aliphatic rings. The van der Waals surface area contributed by atoms with Gasteiger partial charge in [-0.2, -0.15) is 0 Å². The lowest BCUT2D eigenvalue weighted by atomic mass is 10.1. The highest BCUT2D eigenvalue weighted by molar-refractivity contribution is 7.12. The first-order valence-electron chi connectivity index (χ1n) is 8.05. The van der Waals surface area contributed by atoms with Crippen LogP contribution in [-0.4, -0.2) is 11.8 Å². The molecule has 4 nitrogen and oxygen atoms in total. The number of hydrogen-bond donors (Lipinski definition) is 2. The van der Waals surface area contributed by atoms with Gasteiger partial charge < -0.3 is 10.6 Å². The van der Waals surface area contributed by atoms with Gasteiger partial charge in [0.25, 0.3) is 11.8 Å². The molecule has 0 saturated heterocycles. The second kappa shape index (κ2) is 8.40. The molecule has 3 aromatic rings. The lowest BCUT2D eigenvalue weighted by Crippen LogP contribution is -2.23. The molecule has 0 spiro atoms. The first-order valence-corrected chi connectivity index (χ1v) is 8.93. The molecule has 2 N–H and O–H groups in total. The third kappa shape index (κ3) is 4.77. The maximum absolute atomic E-state index is 13.1. The molecule has 132 valence electrons. The van der Waals surface area contributed by atoms with Crippen LogP contribution in [0.25, 0.3) is 0 Å². The fourth-order valence-electron chi connectivity index (χ4n) is 2.38. The Labute approximate surface area is 154 Å². The molecule has 6 heteroatoms. The van der Waals surface area contributed by atoms with Crippen molar-refractivity contribution in [3.8, 4) is 0 Å². The number of halogens is 1. The van der Waals surface area contributed by atoms with E-state index >= 15 is 0 Å². The minimum absolute atomic E-state index is 0.114. The van der Waals surface area contributed by atoms with Crippen molar-refractivity contribution in [1.29, 1.82) is 0 Å². The average molecular weight is 368 g/mol. The van der Waals surface area contributed by atoms with Gasteiger partial charge in [0.1, 0.15) is 5.82 Å². The molecule has 26 heavy (non-hydrogen) atoms. The molecular formula is C20H17FN2O2S. The Hall–Kier alpha value is -2.99. The van der Waals surface area contributed by atoms with Crippen molar-refractivity contribution < 1.29 is 14.0 Å². The molecular weight excluding hydrogens is 351 g/mol. The topological polar surface area (TPSA) is 58.2 Å². The minimum atomic E-state index is -0.328. The average Bonchev–Trinajstić information content (AvgIpc) is 3.19. The molecule has 0 unspecified atom stereocenters. The van der Waals surface area contributed by atoms with Gasteiger partial charge in [0, 0.05) is 18.7 Å². The van der Waals surface area contributed by atoms with E-state index in [9.17, 15) is 14.0 Å². The maximum atomic E-state index is 13.1. The van der Waals surface area contributed by atoms with Crippen LogP contribution < -0.4 is 10.6 Å². The van der Waals surface area contributed by atoms with Crippen LogP contribution in [0.3, 0.4) is 0 Å². The van der Waals surface area contributed by atoms with E-state index < -0.39 is 0 Å². The van der Waals surface area contributed by atoms with Crippen molar-refractivity contribution in [1.82, 2.24) is 10.6 Å².